The Bertz CT molecular complexity index is 489. The number of aromatic nitrogens is 2. The molecule has 1 heterocycles. The first-order valence-electron chi connectivity index (χ1n) is 5.21. The summed E-state index contributed by atoms with van der Waals surface area (Å²) in [5, 5.41) is 21.3. The second-order valence-electron chi connectivity index (χ2n) is 4.04. The van der Waals surface area contributed by atoms with Crippen LogP contribution in [0, 0.1) is 5.21 Å². The third-order valence-electron chi connectivity index (χ3n) is 2.55. The molecule has 0 unspecified atom stereocenters. The Kier molecular flexibility index (Phi) is 2.56. The molecule has 16 heavy (non-hydrogen) atoms. The molecular weight excluding hydrogens is 204 g/mol. The van der Waals surface area contributed by atoms with Crippen LogP contribution in [-0.4, -0.2) is 10.1 Å². The van der Waals surface area contributed by atoms with Crippen LogP contribution >= 0.6 is 0 Å². The van der Waals surface area contributed by atoms with Crippen molar-refractivity contribution in [1.29, 1.82) is 0 Å². The fraction of sp³-hybridized carbons (Fsp3) is 0.250. The quantitative estimate of drug-likeness (QED) is 0.477. The van der Waals surface area contributed by atoms with E-state index >= 15 is 0 Å². The van der Waals surface area contributed by atoms with Crippen molar-refractivity contribution in [2.75, 3.05) is 0 Å². The smallest absolute Gasteiger partial charge is 0.227 e. The van der Waals surface area contributed by atoms with Gasteiger partial charge in [0.2, 0.25) is 5.69 Å². The zero-order valence-electron chi connectivity index (χ0n) is 9.29. The number of benzene rings is 1. The molecule has 0 saturated carbocycles. The molecule has 84 valence electrons. The van der Waals surface area contributed by atoms with E-state index in [0.29, 0.717) is 21.1 Å². The summed E-state index contributed by atoms with van der Waals surface area (Å²) in [6.45, 7) is 3.83. The average molecular weight is 218 g/mol. The Balaban J connectivity index is 2.55. The van der Waals surface area contributed by atoms with Gasteiger partial charge in [0.25, 0.3) is 0 Å². The van der Waals surface area contributed by atoms with Crippen molar-refractivity contribution in [3.05, 3.63) is 47.3 Å². The van der Waals surface area contributed by atoms with Crippen LogP contribution in [0.5, 0.6) is 0 Å². The van der Waals surface area contributed by atoms with E-state index in [9.17, 15) is 10.4 Å². The summed E-state index contributed by atoms with van der Waals surface area (Å²) < 4.78 is 0. The predicted molar refractivity (Wildman–Crippen MR) is 60.1 cm³/mol. The Morgan fingerprint density at radius 3 is 2.38 bits per heavy atom. The SMILES string of the molecule is CC(C)c1cc(-c2ccccc2)n(O)[n+]1[O-]. The minimum absolute atomic E-state index is 0.0772. The molecule has 0 atom stereocenters. The maximum absolute atomic E-state index is 11.6. The van der Waals surface area contributed by atoms with Crippen molar-refractivity contribution in [2.45, 2.75) is 19.8 Å². The van der Waals surface area contributed by atoms with E-state index in [1.54, 1.807) is 6.07 Å². The number of hydrogen-bond donors (Lipinski definition) is 1. The lowest BCUT2D eigenvalue weighted by Gasteiger charge is -2.01. The minimum atomic E-state index is 0.0772. The second kappa shape index (κ2) is 3.89. The molecule has 4 nitrogen and oxygen atoms in total. The monoisotopic (exact) mass is 218 g/mol. The molecule has 0 saturated heterocycles. The molecule has 0 aliphatic carbocycles. The number of rotatable bonds is 2. The van der Waals surface area contributed by atoms with E-state index in [1.165, 1.54) is 0 Å². The van der Waals surface area contributed by atoms with Crippen LogP contribution in [-0.2, 0) is 0 Å². The topological polar surface area (TPSA) is 52.1 Å². The maximum Gasteiger partial charge on any atom is 0.227 e. The van der Waals surface area contributed by atoms with E-state index in [2.05, 4.69) is 0 Å². The highest BCUT2D eigenvalue weighted by molar-refractivity contribution is 5.58. The lowest BCUT2D eigenvalue weighted by molar-refractivity contribution is -0.731. The van der Waals surface area contributed by atoms with Gasteiger partial charge in [-0.3, -0.25) is 0 Å². The van der Waals surface area contributed by atoms with Gasteiger partial charge in [-0.1, -0.05) is 44.2 Å². The number of nitrogens with zero attached hydrogens (tertiary/aromatic N) is 2. The lowest BCUT2D eigenvalue weighted by atomic mass is 10.1. The van der Waals surface area contributed by atoms with Gasteiger partial charge in [-0.25, -0.2) is 0 Å². The van der Waals surface area contributed by atoms with Gasteiger partial charge >= 0.3 is 0 Å². The Morgan fingerprint density at radius 2 is 1.88 bits per heavy atom. The maximum atomic E-state index is 11.6. The largest absolute Gasteiger partial charge is 0.593 e. The minimum Gasteiger partial charge on any atom is -0.593 e. The van der Waals surface area contributed by atoms with Crippen molar-refractivity contribution < 1.29 is 10.1 Å². The van der Waals surface area contributed by atoms with Gasteiger partial charge in [-0.05, 0) is 4.85 Å². The molecule has 0 spiro atoms. The fourth-order valence-electron chi connectivity index (χ4n) is 1.66. The molecule has 4 heteroatoms. The van der Waals surface area contributed by atoms with Gasteiger partial charge in [-0.2, -0.15) is 0 Å². The van der Waals surface area contributed by atoms with Gasteiger partial charge in [0.1, 0.15) is 0 Å². The van der Waals surface area contributed by atoms with E-state index in [-0.39, 0.29) is 5.92 Å². The third-order valence-corrected chi connectivity index (χ3v) is 2.55. The van der Waals surface area contributed by atoms with Gasteiger partial charge < -0.3 is 10.4 Å². The van der Waals surface area contributed by atoms with E-state index in [4.69, 9.17) is 0 Å². The molecule has 1 aromatic heterocycles. The average Bonchev–Trinajstić information content (AvgIpc) is 2.58. The van der Waals surface area contributed by atoms with Crippen LogP contribution in [0.2, 0.25) is 0 Å². The molecule has 1 N–H and O–H groups in total. The van der Waals surface area contributed by atoms with E-state index in [1.807, 2.05) is 44.2 Å². The molecule has 2 aromatic rings. The van der Waals surface area contributed by atoms with Crippen LogP contribution < -0.4 is 4.85 Å². The van der Waals surface area contributed by atoms with Crippen LogP contribution in [0.1, 0.15) is 25.5 Å². The van der Waals surface area contributed by atoms with E-state index < -0.39 is 0 Å². The third kappa shape index (κ3) is 1.62. The van der Waals surface area contributed by atoms with E-state index in [0.717, 1.165) is 5.56 Å². The summed E-state index contributed by atoms with van der Waals surface area (Å²) in [7, 11) is 0. The first kappa shape index (κ1) is 10.5. The van der Waals surface area contributed by atoms with Gasteiger partial charge in [0.15, 0.2) is 5.69 Å². The van der Waals surface area contributed by atoms with Crippen LogP contribution in [0.4, 0.5) is 0 Å². The molecular formula is C12H14N2O2. The molecule has 0 fully saturated rings. The van der Waals surface area contributed by atoms with Crippen molar-refractivity contribution in [1.82, 2.24) is 4.85 Å². The summed E-state index contributed by atoms with van der Waals surface area (Å²) in [5.74, 6) is 0.0772. The lowest BCUT2D eigenvalue weighted by Crippen LogP contribution is -2.40. The molecule has 0 aliphatic heterocycles. The molecule has 0 bridgehead atoms. The molecule has 1 aromatic carbocycles. The zero-order valence-corrected chi connectivity index (χ0v) is 9.29. The fourth-order valence-corrected chi connectivity index (χ4v) is 1.66. The molecule has 2 rings (SSSR count). The highest BCUT2D eigenvalue weighted by Crippen LogP contribution is 2.21. The Hall–Kier alpha value is -1.97. The van der Waals surface area contributed by atoms with Crippen LogP contribution in [0.25, 0.3) is 11.3 Å². The van der Waals surface area contributed by atoms with Crippen LogP contribution in [0.3, 0.4) is 0 Å². The normalized spacial score (nSPS) is 10.9. The summed E-state index contributed by atoms with van der Waals surface area (Å²) in [6.07, 6.45) is 0. The van der Waals surface area contributed by atoms with Crippen LogP contribution in [0.15, 0.2) is 36.4 Å². The highest BCUT2D eigenvalue weighted by atomic mass is 16.6. The summed E-state index contributed by atoms with van der Waals surface area (Å²) in [5.41, 5.74) is 1.89. The predicted octanol–water partition coefficient (Wildman–Crippen LogP) is 2.15. The summed E-state index contributed by atoms with van der Waals surface area (Å²) in [6, 6.07) is 11.0. The summed E-state index contributed by atoms with van der Waals surface area (Å²) >= 11 is 0. The van der Waals surface area contributed by atoms with Gasteiger partial charge in [0, 0.05) is 22.4 Å². The number of hydrogen-bond acceptors (Lipinski definition) is 2. The molecule has 0 amide bonds. The Labute approximate surface area is 93.9 Å². The van der Waals surface area contributed by atoms with Crippen molar-refractivity contribution >= 4 is 0 Å². The second-order valence-corrected chi connectivity index (χ2v) is 4.04. The highest BCUT2D eigenvalue weighted by Gasteiger charge is 2.21. The first-order valence-corrected chi connectivity index (χ1v) is 5.21. The van der Waals surface area contributed by atoms with Gasteiger partial charge in [-0.15, -0.1) is 0 Å². The molecule has 0 aliphatic rings. The van der Waals surface area contributed by atoms with Crippen molar-refractivity contribution in [2.24, 2.45) is 0 Å². The first-order chi connectivity index (χ1) is 7.61. The standard InChI is InChI=1S/C12H14N2O2/c1-9(2)11-8-12(14(16)13(11)15)10-6-4-3-5-7-10/h3-9,16H,1-2H3. The van der Waals surface area contributed by atoms with Crippen molar-refractivity contribution in [3.63, 3.8) is 0 Å². The zero-order chi connectivity index (χ0) is 11.7. The Morgan fingerprint density at radius 1 is 1.25 bits per heavy atom. The summed E-state index contributed by atoms with van der Waals surface area (Å²) in [4.78, 5) is 1.16. The molecule has 0 radical (unpaired) electrons. The van der Waals surface area contributed by atoms with Gasteiger partial charge in [0.05, 0.1) is 0 Å². The van der Waals surface area contributed by atoms with Crippen molar-refractivity contribution in [3.8, 4) is 11.3 Å².